The van der Waals surface area contributed by atoms with Gasteiger partial charge >= 0.3 is 0 Å². The highest BCUT2D eigenvalue weighted by Gasteiger charge is 2.19. The van der Waals surface area contributed by atoms with Crippen molar-refractivity contribution in [1.29, 1.82) is 0 Å². The molecule has 0 bridgehead atoms. The van der Waals surface area contributed by atoms with Gasteiger partial charge in [0.05, 0.1) is 16.3 Å². The fourth-order valence-electron chi connectivity index (χ4n) is 2.84. The summed E-state index contributed by atoms with van der Waals surface area (Å²) in [5, 5.41) is 14.8. The van der Waals surface area contributed by atoms with Crippen LogP contribution in [0.25, 0.3) is 11.3 Å². The predicted octanol–water partition coefficient (Wildman–Crippen LogP) is 4.47. The number of thioether (sulfide) groups is 1. The van der Waals surface area contributed by atoms with Crippen LogP contribution in [0.15, 0.2) is 53.8 Å². The van der Waals surface area contributed by atoms with Crippen molar-refractivity contribution in [3.05, 3.63) is 69.4 Å². The maximum absolute atomic E-state index is 12.6. The Bertz CT molecular complexity index is 1050. The van der Waals surface area contributed by atoms with Gasteiger partial charge in [0.2, 0.25) is 0 Å². The van der Waals surface area contributed by atoms with Crippen molar-refractivity contribution in [2.24, 2.45) is 0 Å². The number of amides is 1. The highest BCUT2D eigenvalue weighted by atomic mass is 35.5. The SMILES string of the molecule is O=C(Nc1ccccc1-c1cn2c(n1)SCC2)c1ccc(Cl)c([N+](=O)[O-])c1. The molecule has 0 unspecified atom stereocenters. The average Bonchev–Trinajstić information content (AvgIpc) is 3.24. The first-order valence-corrected chi connectivity index (χ1v) is 9.44. The summed E-state index contributed by atoms with van der Waals surface area (Å²) < 4.78 is 2.08. The number of halogens is 1. The van der Waals surface area contributed by atoms with E-state index in [4.69, 9.17) is 11.6 Å². The van der Waals surface area contributed by atoms with Gasteiger partial charge in [0.1, 0.15) is 5.02 Å². The zero-order valence-electron chi connectivity index (χ0n) is 13.9. The molecule has 2 aromatic carbocycles. The number of aryl methyl sites for hydroxylation is 1. The van der Waals surface area contributed by atoms with Gasteiger partial charge in [0.15, 0.2) is 5.16 Å². The summed E-state index contributed by atoms with van der Waals surface area (Å²) >= 11 is 7.51. The lowest BCUT2D eigenvalue weighted by Crippen LogP contribution is -2.13. The molecule has 0 radical (unpaired) electrons. The topological polar surface area (TPSA) is 90.1 Å². The van der Waals surface area contributed by atoms with E-state index in [0.717, 1.165) is 28.7 Å². The molecule has 9 heteroatoms. The summed E-state index contributed by atoms with van der Waals surface area (Å²) in [7, 11) is 0. The van der Waals surface area contributed by atoms with E-state index in [9.17, 15) is 14.9 Å². The first-order valence-electron chi connectivity index (χ1n) is 8.07. The molecule has 0 aliphatic carbocycles. The van der Waals surface area contributed by atoms with E-state index >= 15 is 0 Å². The number of imidazole rings is 1. The van der Waals surface area contributed by atoms with Crippen LogP contribution in [0.3, 0.4) is 0 Å². The Balaban J connectivity index is 1.64. The molecule has 0 saturated carbocycles. The van der Waals surface area contributed by atoms with E-state index in [2.05, 4.69) is 14.9 Å². The van der Waals surface area contributed by atoms with Gasteiger partial charge < -0.3 is 9.88 Å². The summed E-state index contributed by atoms with van der Waals surface area (Å²) in [5.41, 5.74) is 2.00. The molecule has 1 aliphatic rings. The molecule has 136 valence electrons. The van der Waals surface area contributed by atoms with Crippen molar-refractivity contribution >= 4 is 40.6 Å². The van der Waals surface area contributed by atoms with Gasteiger partial charge in [-0.2, -0.15) is 0 Å². The Morgan fingerprint density at radius 2 is 2.11 bits per heavy atom. The average molecular weight is 401 g/mol. The molecule has 27 heavy (non-hydrogen) atoms. The molecule has 0 atom stereocenters. The molecule has 1 amide bonds. The number of carbonyl (C=O) groups is 1. The molecule has 4 rings (SSSR count). The van der Waals surface area contributed by atoms with E-state index in [1.165, 1.54) is 18.2 Å². The third-order valence-corrected chi connectivity index (χ3v) is 5.45. The number of nitrogens with one attached hydrogen (secondary N) is 1. The number of hydrogen-bond donors (Lipinski definition) is 1. The van der Waals surface area contributed by atoms with Gasteiger partial charge in [-0.25, -0.2) is 4.98 Å². The number of rotatable bonds is 4. The van der Waals surface area contributed by atoms with Gasteiger partial charge in [-0.3, -0.25) is 14.9 Å². The standard InChI is InChI=1S/C18H13ClN4O3S/c19-13-6-5-11(9-16(13)23(25)26)17(24)20-14-4-2-1-3-12(14)15-10-22-7-8-27-18(22)21-15/h1-6,9-10H,7-8H2,(H,20,24). The van der Waals surface area contributed by atoms with Crippen LogP contribution in [-0.4, -0.2) is 26.1 Å². The van der Waals surface area contributed by atoms with Crippen molar-refractivity contribution in [3.63, 3.8) is 0 Å². The molecular weight excluding hydrogens is 388 g/mol. The molecule has 7 nitrogen and oxygen atoms in total. The molecule has 2 heterocycles. The molecule has 0 spiro atoms. The van der Waals surface area contributed by atoms with Gasteiger partial charge in [0, 0.05) is 35.7 Å². The van der Waals surface area contributed by atoms with E-state index in [-0.39, 0.29) is 16.3 Å². The van der Waals surface area contributed by atoms with Crippen molar-refractivity contribution in [2.45, 2.75) is 11.7 Å². The van der Waals surface area contributed by atoms with Crippen LogP contribution in [0.1, 0.15) is 10.4 Å². The third-order valence-electron chi connectivity index (χ3n) is 4.16. The highest BCUT2D eigenvalue weighted by Crippen LogP contribution is 2.33. The maximum Gasteiger partial charge on any atom is 0.288 e. The minimum Gasteiger partial charge on any atom is -0.325 e. The quantitative estimate of drug-likeness (QED) is 0.515. The third kappa shape index (κ3) is 3.41. The molecule has 0 fully saturated rings. The number of hydrogen-bond acceptors (Lipinski definition) is 5. The smallest absolute Gasteiger partial charge is 0.288 e. The summed E-state index contributed by atoms with van der Waals surface area (Å²) in [6.07, 6.45) is 1.97. The number of anilines is 1. The number of fused-ring (bicyclic) bond motifs is 1. The first kappa shape index (κ1) is 17.6. The highest BCUT2D eigenvalue weighted by molar-refractivity contribution is 7.99. The summed E-state index contributed by atoms with van der Waals surface area (Å²) in [6, 6.07) is 11.3. The normalized spacial score (nSPS) is 12.6. The molecule has 0 saturated heterocycles. The van der Waals surface area contributed by atoms with Crippen LogP contribution in [0.5, 0.6) is 0 Å². The largest absolute Gasteiger partial charge is 0.325 e. The Morgan fingerprint density at radius 1 is 1.30 bits per heavy atom. The predicted molar refractivity (Wildman–Crippen MR) is 104 cm³/mol. The molecule has 3 aromatic rings. The van der Waals surface area contributed by atoms with Crippen molar-refractivity contribution in [1.82, 2.24) is 9.55 Å². The second-order valence-electron chi connectivity index (χ2n) is 5.87. The molecule has 1 aromatic heterocycles. The fourth-order valence-corrected chi connectivity index (χ4v) is 3.97. The Labute approximate surface area is 163 Å². The van der Waals surface area contributed by atoms with Gasteiger partial charge in [-0.05, 0) is 18.2 Å². The monoisotopic (exact) mass is 400 g/mol. The van der Waals surface area contributed by atoms with Crippen LogP contribution >= 0.6 is 23.4 Å². The van der Waals surface area contributed by atoms with Crippen LogP contribution in [-0.2, 0) is 6.54 Å². The minimum atomic E-state index is -0.614. The number of nitrogens with zero attached hydrogens (tertiary/aromatic N) is 3. The number of nitro groups is 1. The lowest BCUT2D eigenvalue weighted by Gasteiger charge is -2.10. The Hall–Kier alpha value is -2.84. The van der Waals surface area contributed by atoms with Crippen molar-refractivity contribution in [2.75, 3.05) is 11.1 Å². The van der Waals surface area contributed by atoms with Crippen LogP contribution in [0.2, 0.25) is 5.02 Å². The van der Waals surface area contributed by atoms with E-state index in [1.807, 2.05) is 24.4 Å². The number of nitro benzene ring substituents is 1. The van der Waals surface area contributed by atoms with Crippen LogP contribution in [0.4, 0.5) is 11.4 Å². The summed E-state index contributed by atoms with van der Waals surface area (Å²) in [4.78, 5) is 27.7. The minimum absolute atomic E-state index is 0.0121. The summed E-state index contributed by atoms with van der Waals surface area (Å²) in [6.45, 7) is 0.913. The number of para-hydroxylation sites is 1. The Morgan fingerprint density at radius 3 is 2.89 bits per heavy atom. The second kappa shape index (κ2) is 7.05. The van der Waals surface area contributed by atoms with Crippen LogP contribution < -0.4 is 5.32 Å². The molecule has 1 N–H and O–H groups in total. The lowest BCUT2D eigenvalue weighted by molar-refractivity contribution is -0.384. The fraction of sp³-hybridized carbons (Fsp3) is 0.111. The maximum atomic E-state index is 12.6. The zero-order chi connectivity index (χ0) is 19.0. The number of benzene rings is 2. The van der Waals surface area contributed by atoms with E-state index in [0.29, 0.717) is 5.69 Å². The van der Waals surface area contributed by atoms with Gasteiger partial charge in [-0.1, -0.05) is 41.6 Å². The van der Waals surface area contributed by atoms with E-state index < -0.39 is 10.8 Å². The number of aromatic nitrogens is 2. The van der Waals surface area contributed by atoms with Crippen molar-refractivity contribution < 1.29 is 9.72 Å². The van der Waals surface area contributed by atoms with Gasteiger partial charge in [0.25, 0.3) is 11.6 Å². The zero-order valence-corrected chi connectivity index (χ0v) is 15.5. The second-order valence-corrected chi connectivity index (χ2v) is 7.34. The summed E-state index contributed by atoms with van der Waals surface area (Å²) in [5.74, 6) is 0.555. The molecule has 1 aliphatic heterocycles. The first-order chi connectivity index (χ1) is 13.0. The van der Waals surface area contributed by atoms with Crippen molar-refractivity contribution in [3.8, 4) is 11.3 Å². The molecular formula is C18H13ClN4O3S. The number of carbonyl (C=O) groups excluding carboxylic acids is 1. The van der Waals surface area contributed by atoms with E-state index in [1.54, 1.807) is 17.8 Å². The Kier molecular flexibility index (Phi) is 4.59. The van der Waals surface area contributed by atoms with Gasteiger partial charge in [-0.15, -0.1) is 0 Å². The van der Waals surface area contributed by atoms with Crippen LogP contribution in [0, 0.1) is 10.1 Å². The lowest BCUT2D eigenvalue weighted by atomic mass is 10.1.